The molecule has 0 N–H and O–H groups in total. The van der Waals surface area contributed by atoms with Crippen LogP contribution in [0.1, 0.15) is 0 Å². The van der Waals surface area contributed by atoms with Gasteiger partial charge < -0.3 is 0 Å². The Balaban J connectivity index is 0.0000000828. The van der Waals surface area contributed by atoms with E-state index in [4.69, 9.17) is 0 Å². The summed E-state index contributed by atoms with van der Waals surface area (Å²) in [5, 5.41) is 61.8. The summed E-state index contributed by atoms with van der Waals surface area (Å²) in [5.41, 5.74) is 0. The standard InChI is InChI=1S/2C22H14.3C20H12.C18H12/c2*1-3-7-19-15(5-1)9-11-17-14-22-18(13-21(17)19)12-10-16-6-2-4-8-20(16)22;3*1-5-13-6-2-11-17-18-12-4-8-14-7-3-10-16(20(14)18)15(9-1)19(13)17;1-2-8-14-13(7-1)15-9-3-4-11-17(15)18-12-6-5-10-16(14)18/h2*1-14H;3*1-12H;1-12H. The van der Waals surface area contributed by atoms with E-state index in [9.17, 15) is 0 Å². The van der Waals surface area contributed by atoms with Gasteiger partial charge in [-0.2, -0.15) is 0 Å². The van der Waals surface area contributed by atoms with E-state index < -0.39 is 0 Å². The Morgan fingerprint density at radius 2 is 0.180 bits per heavy atom. The van der Waals surface area contributed by atoms with E-state index in [0.717, 1.165) is 0 Å². The van der Waals surface area contributed by atoms with Gasteiger partial charge in [-0.05, 0) is 272 Å². The molecule has 29 aromatic carbocycles. The first-order valence-corrected chi connectivity index (χ1v) is 42.4. The molecule has 122 heavy (non-hydrogen) atoms. The molecule has 564 valence electrons. The Hall–Kier alpha value is -15.9. The first-order valence-electron chi connectivity index (χ1n) is 42.4. The van der Waals surface area contributed by atoms with Crippen LogP contribution in [0.5, 0.6) is 0 Å². The van der Waals surface area contributed by atoms with Gasteiger partial charge in [0.2, 0.25) is 0 Å². The number of hydrogen-bond acceptors (Lipinski definition) is 0. The number of hydrogen-bond donors (Lipinski definition) is 0. The first-order chi connectivity index (χ1) is 60.5. The second-order valence-electron chi connectivity index (χ2n) is 32.6. The van der Waals surface area contributed by atoms with Crippen LogP contribution >= 0.6 is 0 Å². The Morgan fingerprint density at radius 1 is 0.0656 bits per heavy atom. The van der Waals surface area contributed by atoms with Gasteiger partial charge in [-0.15, -0.1) is 0 Å². The second kappa shape index (κ2) is 29.0. The third-order valence-corrected chi connectivity index (χ3v) is 26.0. The molecule has 0 saturated heterocycles. The molecule has 0 bridgehead atoms. The van der Waals surface area contributed by atoms with Gasteiger partial charge in [-0.25, -0.2) is 0 Å². The van der Waals surface area contributed by atoms with Crippen molar-refractivity contribution in [2.45, 2.75) is 0 Å². The maximum Gasteiger partial charge on any atom is -0.00264 e. The lowest BCUT2D eigenvalue weighted by Crippen LogP contribution is -1.85. The van der Waals surface area contributed by atoms with Crippen molar-refractivity contribution >= 4 is 248 Å². The van der Waals surface area contributed by atoms with Crippen molar-refractivity contribution in [1.29, 1.82) is 0 Å². The minimum absolute atomic E-state index is 1.30. The van der Waals surface area contributed by atoms with Crippen molar-refractivity contribution in [3.8, 4) is 0 Å². The monoisotopic (exact) mass is 1540 g/mol. The molecule has 0 unspecified atom stereocenters. The maximum absolute atomic E-state index is 2.33. The Labute approximate surface area is 703 Å². The number of fused-ring (bicyclic) bond motifs is 24. The van der Waals surface area contributed by atoms with Crippen LogP contribution in [0.25, 0.3) is 248 Å². The minimum Gasteiger partial charge on any atom is -0.0616 e. The molecule has 0 heteroatoms. The lowest BCUT2D eigenvalue weighted by Gasteiger charge is -2.13. The van der Waals surface area contributed by atoms with Crippen molar-refractivity contribution in [1.82, 2.24) is 0 Å². The number of rotatable bonds is 0. The van der Waals surface area contributed by atoms with Crippen LogP contribution in [0.4, 0.5) is 0 Å². The van der Waals surface area contributed by atoms with Crippen LogP contribution < -0.4 is 0 Å². The fourth-order valence-electron chi connectivity index (χ4n) is 20.6. The van der Waals surface area contributed by atoms with E-state index in [1.54, 1.807) is 0 Å². The van der Waals surface area contributed by atoms with Gasteiger partial charge in [0.05, 0.1) is 0 Å². The van der Waals surface area contributed by atoms with Gasteiger partial charge in [0, 0.05) is 0 Å². The van der Waals surface area contributed by atoms with Crippen molar-refractivity contribution in [2.24, 2.45) is 0 Å². The quantitative estimate of drug-likeness (QED) is 0.105. The highest BCUT2D eigenvalue weighted by atomic mass is 14.2. The summed E-state index contributed by atoms with van der Waals surface area (Å²) in [7, 11) is 0. The molecule has 0 aliphatic rings. The molecule has 0 saturated carbocycles. The van der Waals surface area contributed by atoms with Crippen molar-refractivity contribution in [3.63, 3.8) is 0 Å². The molecule has 0 atom stereocenters. The summed E-state index contributed by atoms with van der Waals surface area (Å²) in [6, 6.07) is 167. The smallest absolute Gasteiger partial charge is 0.00264 e. The van der Waals surface area contributed by atoms with E-state index in [1.807, 2.05) is 0 Å². The average molecular weight is 1540 g/mol. The Morgan fingerprint density at radius 3 is 0.336 bits per heavy atom. The summed E-state index contributed by atoms with van der Waals surface area (Å²) in [4.78, 5) is 0. The molecular formula is C122H76. The predicted octanol–water partition coefficient (Wildman–Crippen LogP) is 35.0. The molecule has 0 aromatic heterocycles. The van der Waals surface area contributed by atoms with Gasteiger partial charge in [0.15, 0.2) is 0 Å². The fourth-order valence-corrected chi connectivity index (χ4v) is 20.6. The minimum atomic E-state index is 1.30. The maximum atomic E-state index is 2.33. The molecule has 0 aliphatic heterocycles. The summed E-state index contributed by atoms with van der Waals surface area (Å²) in [6.45, 7) is 0. The lowest BCUT2D eigenvalue weighted by molar-refractivity contribution is 1.77. The normalized spacial score (nSPS) is 11.8. The van der Waals surface area contributed by atoms with Crippen LogP contribution in [0.15, 0.2) is 461 Å². The zero-order valence-electron chi connectivity index (χ0n) is 66.9. The van der Waals surface area contributed by atoms with Gasteiger partial charge in [-0.3, -0.25) is 0 Å². The summed E-state index contributed by atoms with van der Waals surface area (Å²) >= 11 is 0. The zero-order chi connectivity index (χ0) is 80.3. The van der Waals surface area contributed by atoms with Crippen molar-refractivity contribution in [2.75, 3.05) is 0 Å². The van der Waals surface area contributed by atoms with Gasteiger partial charge in [0.25, 0.3) is 0 Å². The molecular weight excluding hydrogens is 1470 g/mol. The highest BCUT2D eigenvalue weighted by molar-refractivity contribution is 6.36. The molecule has 0 aliphatic carbocycles. The Kier molecular flexibility index (Phi) is 16.7. The average Bonchev–Trinajstić information content (AvgIpc) is 0.734. The summed E-state index contributed by atoms with van der Waals surface area (Å²) in [5.74, 6) is 0. The van der Waals surface area contributed by atoms with Crippen LogP contribution in [0.2, 0.25) is 0 Å². The third-order valence-electron chi connectivity index (χ3n) is 26.0. The second-order valence-corrected chi connectivity index (χ2v) is 32.6. The van der Waals surface area contributed by atoms with Gasteiger partial charge in [-0.1, -0.05) is 437 Å². The summed E-state index contributed by atoms with van der Waals surface area (Å²) < 4.78 is 0. The molecule has 0 amide bonds. The molecule has 0 fully saturated rings. The van der Waals surface area contributed by atoms with Gasteiger partial charge in [0.1, 0.15) is 0 Å². The third kappa shape index (κ3) is 11.6. The zero-order valence-corrected chi connectivity index (χ0v) is 66.9. The molecule has 0 spiro atoms. The van der Waals surface area contributed by atoms with Crippen LogP contribution in [-0.2, 0) is 0 Å². The predicted molar refractivity (Wildman–Crippen MR) is 535 cm³/mol. The largest absolute Gasteiger partial charge is 0.0616 e. The molecule has 0 nitrogen and oxygen atoms in total. The van der Waals surface area contributed by atoms with Crippen LogP contribution in [0.3, 0.4) is 0 Å². The lowest BCUT2D eigenvalue weighted by atomic mass is 9.90. The fraction of sp³-hybridized carbons (Fsp3) is 0. The van der Waals surface area contributed by atoms with Crippen LogP contribution in [0, 0.1) is 0 Å². The molecule has 0 heterocycles. The highest BCUT2D eigenvalue weighted by Gasteiger charge is 2.17. The van der Waals surface area contributed by atoms with E-state index in [2.05, 4.69) is 461 Å². The molecule has 29 aromatic rings. The van der Waals surface area contributed by atoms with E-state index in [-0.39, 0.29) is 0 Å². The van der Waals surface area contributed by atoms with E-state index in [1.165, 1.54) is 248 Å². The van der Waals surface area contributed by atoms with Gasteiger partial charge >= 0.3 is 0 Å². The first kappa shape index (κ1) is 70.4. The number of benzene rings is 29. The summed E-state index contributed by atoms with van der Waals surface area (Å²) in [6.07, 6.45) is 0. The van der Waals surface area contributed by atoms with Crippen molar-refractivity contribution < 1.29 is 0 Å². The van der Waals surface area contributed by atoms with Crippen LogP contribution in [-0.4, -0.2) is 0 Å². The van der Waals surface area contributed by atoms with E-state index >= 15 is 0 Å². The highest BCUT2D eigenvalue weighted by Crippen LogP contribution is 2.45. The topological polar surface area (TPSA) is 0 Å². The van der Waals surface area contributed by atoms with E-state index in [0.29, 0.717) is 0 Å². The molecule has 29 rings (SSSR count). The Bertz CT molecular complexity index is 7690. The SMILES string of the molecule is c1cc2cccc3c4cccc5cccc(c(c1)c23)c54.c1cc2cccc3c4cccc5cccc(c(c1)c23)c54.c1cc2cccc3c4cccc5cccc(c(c1)c23)c54.c1ccc2c(c1)c1ccccc1c1ccccc21.c1ccc2c(c1)ccc1cc3c(ccc4ccccc43)cc12.c1ccc2c(c1)ccc1cc3c(ccc4ccccc43)cc12. The molecule has 0 radical (unpaired) electrons. The van der Waals surface area contributed by atoms with Crippen molar-refractivity contribution in [3.05, 3.63) is 461 Å².